The van der Waals surface area contributed by atoms with E-state index in [1.165, 1.54) is 0 Å². The number of piperazine rings is 1. The normalized spacial score (nSPS) is 17.7. The maximum atomic E-state index is 12.1. The molecule has 110 valence electrons. The highest BCUT2D eigenvalue weighted by Crippen LogP contribution is 2.19. The van der Waals surface area contributed by atoms with Crippen LogP contribution in [0.15, 0.2) is 24.3 Å². The number of nitrogens with zero attached hydrogens (tertiary/aromatic N) is 1. The zero-order valence-corrected chi connectivity index (χ0v) is 12.6. The van der Waals surface area contributed by atoms with E-state index in [0.717, 1.165) is 38.3 Å². The Balaban J connectivity index is 1.76. The van der Waals surface area contributed by atoms with Gasteiger partial charge in [0.1, 0.15) is 0 Å². The number of rotatable bonds is 5. The lowest BCUT2D eigenvalue weighted by atomic mass is 10.0. The molecule has 1 saturated heterocycles. The van der Waals surface area contributed by atoms with Crippen molar-refractivity contribution in [3.8, 4) is 0 Å². The molecule has 5 heteroatoms. The van der Waals surface area contributed by atoms with Gasteiger partial charge in [-0.25, -0.2) is 0 Å². The predicted molar refractivity (Wildman–Crippen MR) is 82.2 cm³/mol. The Morgan fingerprint density at radius 1 is 1.45 bits per heavy atom. The Labute approximate surface area is 125 Å². The largest absolute Gasteiger partial charge is 0.354 e. The van der Waals surface area contributed by atoms with Crippen molar-refractivity contribution in [3.05, 3.63) is 34.9 Å². The summed E-state index contributed by atoms with van der Waals surface area (Å²) in [6.07, 6.45) is 0. The first kappa shape index (κ1) is 15.3. The van der Waals surface area contributed by atoms with Gasteiger partial charge in [-0.1, -0.05) is 23.7 Å². The lowest BCUT2D eigenvalue weighted by molar-refractivity contribution is -0.122. The molecule has 1 aliphatic heterocycles. The van der Waals surface area contributed by atoms with Gasteiger partial charge >= 0.3 is 0 Å². The summed E-state index contributed by atoms with van der Waals surface area (Å²) < 4.78 is 0. The van der Waals surface area contributed by atoms with Gasteiger partial charge in [0.25, 0.3) is 0 Å². The number of benzene rings is 1. The molecule has 0 aliphatic carbocycles. The monoisotopic (exact) mass is 295 g/mol. The van der Waals surface area contributed by atoms with Crippen LogP contribution in [0.4, 0.5) is 0 Å². The van der Waals surface area contributed by atoms with Gasteiger partial charge in [-0.3, -0.25) is 9.69 Å². The van der Waals surface area contributed by atoms with E-state index in [-0.39, 0.29) is 11.8 Å². The fourth-order valence-corrected chi connectivity index (χ4v) is 2.55. The van der Waals surface area contributed by atoms with Gasteiger partial charge in [-0.05, 0) is 24.6 Å². The molecule has 1 atom stereocenters. The smallest absolute Gasteiger partial charge is 0.227 e. The lowest BCUT2D eigenvalue weighted by Crippen LogP contribution is -2.46. The van der Waals surface area contributed by atoms with Crippen molar-refractivity contribution < 1.29 is 4.79 Å². The quantitative estimate of drug-likeness (QED) is 0.864. The first-order valence-corrected chi connectivity index (χ1v) is 7.51. The first-order chi connectivity index (χ1) is 9.66. The van der Waals surface area contributed by atoms with Gasteiger partial charge < -0.3 is 10.6 Å². The minimum absolute atomic E-state index is 0.0578. The van der Waals surface area contributed by atoms with E-state index in [2.05, 4.69) is 15.5 Å². The van der Waals surface area contributed by atoms with Crippen molar-refractivity contribution >= 4 is 17.5 Å². The van der Waals surface area contributed by atoms with Crippen LogP contribution in [0.1, 0.15) is 18.4 Å². The van der Waals surface area contributed by atoms with Crippen LogP contribution >= 0.6 is 11.6 Å². The van der Waals surface area contributed by atoms with Gasteiger partial charge in [0, 0.05) is 44.3 Å². The summed E-state index contributed by atoms with van der Waals surface area (Å²) >= 11 is 5.96. The standard InChI is InChI=1S/C15H22ClN3O/c1-12(13-3-2-4-14(16)11-13)15(20)18-7-10-19-8-5-17-6-9-19/h2-4,11-12,17H,5-10H2,1H3,(H,18,20). The SMILES string of the molecule is CC(C(=O)NCCN1CCNCC1)c1cccc(Cl)c1. The van der Waals surface area contributed by atoms with Crippen molar-refractivity contribution in [1.29, 1.82) is 0 Å². The topological polar surface area (TPSA) is 44.4 Å². The molecule has 2 N–H and O–H groups in total. The molecule has 1 fully saturated rings. The molecular formula is C15H22ClN3O. The number of hydrogen-bond donors (Lipinski definition) is 2. The molecule has 1 heterocycles. The third-order valence-electron chi connectivity index (χ3n) is 3.68. The summed E-state index contributed by atoms with van der Waals surface area (Å²) in [5.41, 5.74) is 0.956. The molecule has 0 radical (unpaired) electrons. The molecule has 20 heavy (non-hydrogen) atoms. The maximum absolute atomic E-state index is 12.1. The van der Waals surface area contributed by atoms with Crippen LogP contribution in [0.5, 0.6) is 0 Å². The summed E-state index contributed by atoms with van der Waals surface area (Å²) in [5.74, 6) is -0.112. The van der Waals surface area contributed by atoms with Gasteiger partial charge in [-0.2, -0.15) is 0 Å². The molecular weight excluding hydrogens is 274 g/mol. The van der Waals surface area contributed by atoms with Crippen LogP contribution in [0, 0.1) is 0 Å². The van der Waals surface area contributed by atoms with Gasteiger partial charge in [-0.15, -0.1) is 0 Å². The Bertz CT molecular complexity index is 446. The Morgan fingerprint density at radius 3 is 2.90 bits per heavy atom. The molecule has 1 aromatic carbocycles. The highest BCUT2D eigenvalue weighted by atomic mass is 35.5. The Morgan fingerprint density at radius 2 is 2.20 bits per heavy atom. The van der Waals surface area contributed by atoms with Crippen molar-refractivity contribution in [2.75, 3.05) is 39.3 Å². The van der Waals surface area contributed by atoms with Gasteiger partial charge in [0.15, 0.2) is 0 Å². The molecule has 0 aromatic heterocycles. The number of carbonyl (C=O) groups is 1. The predicted octanol–water partition coefficient (Wildman–Crippen LogP) is 1.46. The van der Waals surface area contributed by atoms with E-state index in [4.69, 9.17) is 11.6 Å². The third-order valence-corrected chi connectivity index (χ3v) is 3.91. The fraction of sp³-hybridized carbons (Fsp3) is 0.533. The summed E-state index contributed by atoms with van der Waals surface area (Å²) in [4.78, 5) is 14.5. The van der Waals surface area contributed by atoms with Crippen molar-refractivity contribution in [1.82, 2.24) is 15.5 Å². The van der Waals surface area contributed by atoms with Crippen molar-refractivity contribution in [2.45, 2.75) is 12.8 Å². The number of nitrogens with one attached hydrogen (secondary N) is 2. The lowest BCUT2D eigenvalue weighted by Gasteiger charge is -2.27. The van der Waals surface area contributed by atoms with Gasteiger partial charge in [0.05, 0.1) is 5.92 Å². The van der Waals surface area contributed by atoms with Crippen LogP contribution in [-0.2, 0) is 4.79 Å². The molecule has 1 aliphatic rings. The number of hydrogen-bond acceptors (Lipinski definition) is 3. The highest BCUT2D eigenvalue weighted by molar-refractivity contribution is 6.30. The zero-order valence-electron chi connectivity index (χ0n) is 11.9. The van der Waals surface area contributed by atoms with Crippen LogP contribution in [0.25, 0.3) is 0 Å². The summed E-state index contributed by atoms with van der Waals surface area (Å²) in [7, 11) is 0. The van der Waals surface area contributed by atoms with E-state index >= 15 is 0 Å². The molecule has 4 nitrogen and oxygen atoms in total. The second-order valence-electron chi connectivity index (χ2n) is 5.16. The first-order valence-electron chi connectivity index (χ1n) is 7.13. The van der Waals surface area contributed by atoms with E-state index in [1.54, 1.807) is 0 Å². The van der Waals surface area contributed by atoms with E-state index in [9.17, 15) is 4.79 Å². The van der Waals surface area contributed by atoms with E-state index in [0.29, 0.717) is 11.6 Å². The van der Waals surface area contributed by atoms with Crippen molar-refractivity contribution in [2.24, 2.45) is 0 Å². The molecule has 1 unspecified atom stereocenters. The average molecular weight is 296 g/mol. The minimum Gasteiger partial charge on any atom is -0.354 e. The van der Waals surface area contributed by atoms with E-state index in [1.807, 2.05) is 31.2 Å². The van der Waals surface area contributed by atoms with Crippen LogP contribution < -0.4 is 10.6 Å². The molecule has 0 bridgehead atoms. The number of amides is 1. The summed E-state index contributed by atoms with van der Waals surface area (Å²) in [6, 6.07) is 7.48. The average Bonchev–Trinajstić information content (AvgIpc) is 2.47. The molecule has 2 rings (SSSR count). The van der Waals surface area contributed by atoms with Gasteiger partial charge in [0.2, 0.25) is 5.91 Å². The maximum Gasteiger partial charge on any atom is 0.227 e. The van der Waals surface area contributed by atoms with Crippen molar-refractivity contribution in [3.63, 3.8) is 0 Å². The number of halogens is 1. The summed E-state index contributed by atoms with van der Waals surface area (Å²) in [5, 5.41) is 6.99. The van der Waals surface area contributed by atoms with Crippen LogP contribution in [0.3, 0.4) is 0 Å². The molecule has 0 saturated carbocycles. The third kappa shape index (κ3) is 4.47. The minimum atomic E-state index is -0.170. The second-order valence-corrected chi connectivity index (χ2v) is 5.60. The van der Waals surface area contributed by atoms with Crippen LogP contribution in [0.2, 0.25) is 5.02 Å². The zero-order chi connectivity index (χ0) is 14.4. The fourth-order valence-electron chi connectivity index (χ4n) is 2.35. The number of carbonyl (C=O) groups excluding carboxylic acids is 1. The highest BCUT2D eigenvalue weighted by Gasteiger charge is 2.15. The molecule has 1 aromatic rings. The summed E-state index contributed by atoms with van der Waals surface area (Å²) in [6.45, 7) is 7.70. The Kier molecular flexibility index (Phi) is 5.83. The Hall–Kier alpha value is -1.10. The second kappa shape index (κ2) is 7.62. The van der Waals surface area contributed by atoms with Crippen LogP contribution in [-0.4, -0.2) is 50.1 Å². The van der Waals surface area contributed by atoms with E-state index < -0.39 is 0 Å². The molecule has 1 amide bonds. The molecule has 0 spiro atoms.